The zero-order valence-corrected chi connectivity index (χ0v) is 13.2. The molecule has 0 N–H and O–H groups in total. The maximum Gasteiger partial charge on any atom is 0.273 e. The number of fused-ring (bicyclic) bond motifs is 1. The van der Waals surface area contributed by atoms with Gasteiger partial charge in [-0.25, -0.2) is 4.98 Å². The van der Waals surface area contributed by atoms with Crippen molar-refractivity contribution in [1.82, 2.24) is 9.88 Å². The highest BCUT2D eigenvalue weighted by atomic mass is 32.1. The molecule has 0 bridgehead atoms. The van der Waals surface area contributed by atoms with Crippen LogP contribution in [0, 0.1) is 0 Å². The summed E-state index contributed by atoms with van der Waals surface area (Å²) in [5, 5.41) is 4.85. The van der Waals surface area contributed by atoms with E-state index in [2.05, 4.69) is 4.98 Å². The zero-order valence-electron chi connectivity index (χ0n) is 11.5. The molecule has 1 saturated carbocycles. The molecule has 110 valence electrons. The van der Waals surface area contributed by atoms with E-state index in [1.54, 1.807) is 22.7 Å². The lowest BCUT2D eigenvalue weighted by molar-refractivity contribution is -0.0447. The maximum absolute atomic E-state index is 12.7. The van der Waals surface area contributed by atoms with Crippen molar-refractivity contribution < 1.29 is 9.53 Å². The van der Waals surface area contributed by atoms with Crippen molar-refractivity contribution >= 4 is 28.6 Å². The van der Waals surface area contributed by atoms with E-state index in [1.807, 2.05) is 27.8 Å². The molecule has 2 aromatic rings. The minimum atomic E-state index is 0.0641. The van der Waals surface area contributed by atoms with Gasteiger partial charge in [0.1, 0.15) is 10.7 Å². The van der Waals surface area contributed by atoms with Crippen LogP contribution in [-0.4, -0.2) is 41.1 Å². The first kappa shape index (κ1) is 13.4. The number of amides is 1. The minimum absolute atomic E-state index is 0.0641. The number of thiophene rings is 1. The molecule has 4 nitrogen and oxygen atoms in total. The second-order valence-electron chi connectivity index (χ2n) is 5.42. The molecule has 0 spiro atoms. The van der Waals surface area contributed by atoms with Crippen molar-refractivity contribution in [1.29, 1.82) is 0 Å². The normalized spacial score (nSPS) is 25.0. The summed E-state index contributed by atoms with van der Waals surface area (Å²) in [6.45, 7) is 1.33. The number of hydrogen-bond acceptors (Lipinski definition) is 5. The Bertz CT molecular complexity index is 638. The van der Waals surface area contributed by atoms with E-state index in [-0.39, 0.29) is 18.1 Å². The average Bonchev–Trinajstić information content (AvgIpc) is 3.23. The van der Waals surface area contributed by atoms with E-state index in [9.17, 15) is 4.79 Å². The van der Waals surface area contributed by atoms with Crippen LogP contribution in [0.15, 0.2) is 22.9 Å². The van der Waals surface area contributed by atoms with E-state index in [4.69, 9.17) is 4.74 Å². The van der Waals surface area contributed by atoms with Crippen LogP contribution in [0.3, 0.4) is 0 Å². The van der Waals surface area contributed by atoms with Crippen molar-refractivity contribution in [3.8, 4) is 9.88 Å². The third-order valence-corrected chi connectivity index (χ3v) is 6.08. The van der Waals surface area contributed by atoms with Gasteiger partial charge in [-0.2, -0.15) is 0 Å². The summed E-state index contributed by atoms with van der Waals surface area (Å²) in [6, 6.07) is 4.30. The lowest BCUT2D eigenvalue weighted by Crippen LogP contribution is -2.51. The molecule has 2 atom stereocenters. The fourth-order valence-corrected chi connectivity index (χ4v) is 4.82. The lowest BCUT2D eigenvalue weighted by atomic mass is 10.1. The van der Waals surface area contributed by atoms with Gasteiger partial charge in [0.05, 0.1) is 23.6 Å². The van der Waals surface area contributed by atoms with Gasteiger partial charge >= 0.3 is 0 Å². The Hall–Kier alpha value is -1.24. The molecule has 3 heterocycles. The molecule has 2 aliphatic rings. The van der Waals surface area contributed by atoms with Gasteiger partial charge in [0, 0.05) is 11.9 Å². The quantitative estimate of drug-likeness (QED) is 0.853. The molecular weight excluding hydrogens is 304 g/mol. The van der Waals surface area contributed by atoms with E-state index < -0.39 is 0 Å². The number of carbonyl (C=O) groups is 1. The average molecular weight is 320 g/mol. The third kappa shape index (κ3) is 2.41. The molecule has 1 saturated heterocycles. The number of morpholine rings is 1. The van der Waals surface area contributed by atoms with Gasteiger partial charge in [-0.1, -0.05) is 6.07 Å². The Morgan fingerprint density at radius 3 is 3.19 bits per heavy atom. The molecule has 0 aromatic carbocycles. The zero-order chi connectivity index (χ0) is 14.2. The predicted molar refractivity (Wildman–Crippen MR) is 83.8 cm³/mol. The Labute approximate surface area is 131 Å². The monoisotopic (exact) mass is 320 g/mol. The molecule has 4 rings (SSSR count). The topological polar surface area (TPSA) is 42.4 Å². The van der Waals surface area contributed by atoms with Gasteiger partial charge in [0.25, 0.3) is 5.91 Å². The Balaban J connectivity index is 1.57. The Kier molecular flexibility index (Phi) is 3.52. The Morgan fingerprint density at radius 1 is 1.38 bits per heavy atom. The van der Waals surface area contributed by atoms with Crippen LogP contribution in [0.5, 0.6) is 0 Å². The van der Waals surface area contributed by atoms with Crippen LogP contribution < -0.4 is 0 Å². The number of ether oxygens (including phenoxy) is 1. The van der Waals surface area contributed by atoms with Crippen LogP contribution >= 0.6 is 22.7 Å². The first-order chi connectivity index (χ1) is 10.3. The summed E-state index contributed by atoms with van der Waals surface area (Å²) in [7, 11) is 0. The van der Waals surface area contributed by atoms with Crippen molar-refractivity contribution in [2.45, 2.75) is 31.4 Å². The standard InChI is InChI=1S/C15H16N2O2S2/c18-15(17-6-7-19-12-4-1-3-11(12)17)10-9-21-14(16-10)13-5-2-8-20-13/h2,5,8-9,11-12H,1,3-4,6-7H2/t11-,12+/m0/s1. The summed E-state index contributed by atoms with van der Waals surface area (Å²) < 4.78 is 5.77. The van der Waals surface area contributed by atoms with Gasteiger partial charge in [0.2, 0.25) is 0 Å². The van der Waals surface area contributed by atoms with Crippen LogP contribution in [0.4, 0.5) is 0 Å². The van der Waals surface area contributed by atoms with E-state index >= 15 is 0 Å². The summed E-state index contributed by atoms with van der Waals surface area (Å²) in [5.41, 5.74) is 0.580. The number of nitrogens with zero attached hydrogens (tertiary/aromatic N) is 2. The smallest absolute Gasteiger partial charge is 0.273 e. The molecule has 1 amide bonds. The molecule has 1 aliphatic heterocycles. The fourth-order valence-electron chi connectivity index (χ4n) is 3.21. The van der Waals surface area contributed by atoms with Gasteiger partial charge in [0.15, 0.2) is 0 Å². The van der Waals surface area contributed by atoms with Crippen molar-refractivity contribution in [3.05, 3.63) is 28.6 Å². The van der Waals surface area contributed by atoms with Crippen LogP contribution in [0.1, 0.15) is 29.8 Å². The number of aromatic nitrogens is 1. The molecular formula is C15H16N2O2S2. The predicted octanol–water partition coefficient (Wildman–Crippen LogP) is 3.27. The molecule has 2 fully saturated rings. The second-order valence-corrected chi connectivity index (χ2v) is 7.23. The van der Waals surface area contributed by atoms with Gasteiger partial charge in [-0.3, -0.25) is 4.79 Å². The molecule has 6 heteroatoms. The van der Waals surface area contributed by atoms with E-state index in [0.29, 0.717) is 18.8 Å². The molecule has 1 aliphatic carbocycles. The first-order valence-electron chi connectivity index (χ1n) is 7.25. The van der Waals surface area contributed by atoms with Crippen LogP contribution in [-0.2, 0) is 4.74 Å². The highest BCUT2D eigenvalue weighted by Crippen LogP contribution is 2.32. The van der Waals surface area contributed by atoms with Gasteiger partial charge in [-0.05, 0) is 30.7 Å². The number of carbonyl (C=O) groups excluding carboxylic acids is 1. The minimum Gasteiger partial charge on any atom is -0.374 e. The summed E-state index contributed by atoms with van der Waals surface area (Å²) >= 11 is 3.20. The number of thiazole rings is 1. The first-order valence-corrected chi connectivity index (χ1v) is 9.01. The van der Waals surface area contributed by atoms with Gasteiger partial charge < -0.3 is 9.64 Å². The van der Waals surface area contributed by atoms with Crippen molar-refractivity contribution in [2.24, 2.45) is 0 Å². The molecule has 21 heavy (non-hydrogen) atoms. The number of hydrogen-bond donors (Lipinski definition) is 0. The SMILES string of the molecule is O=C(c1csc(-c2cccs2)n1)N1CCO[C@@H]2CCC[C@@H]21. The molecule has 0 radical (unpaired) electrons. The van der Waals surface area contributed by atoms with Gasteiger partial charge in [-0.15, -0.1) is 22.7 Å². The fraction of sp³-hybridized carbons (Fsp3) is 0.467. The lowest BCUT2D eigenvalue weighted by Gasteiger charge is -2.37. The Morgan fingerprint density at radius 2 is 2.33 bits per heavy atom. The number of rotatable bonds is 2. The second kappa shape index (κ2) is 5.51. The molecule has 0 unspecified atom stereocenters. The van der Waals surface area contributed by atoms with Crippen LogP contribution in [0.2, 0.25) is 0 Å². The highest BCUT2D eigenvalue weighted by molar-refractivity contribution is 7.20. The van der Waals surface area contributed by atoms with Crippen LogP contribution in [0.25, 0.3) is 9.88 Å². The summed E-state index contributed by atoms with van der Waals surface area (Å²) in [6.07, 6.45) is 3.51. The highest BCUT2D eigenvalue weighted by Gasteiger charge is 2.39. The van der Waals surface area contributed by atoms with E-state index in [0.717, 1.165) is 29.1 Å². The third-order valence-electron chi connectivity index (χ3n) is 4.20. The maximum atomic E-state index is 12.7. The largest absolute Gasteiger partial charge is 0.374 e. The van der Waals surface area contributed by atoms with Crippen molar-refractivity contribution in [3.63, 3.8) is 0 Å². The van der Waals surface area contributed by atoms with Crippen molar-refractivity contribution in [2.75, 3.05) is 13.2 Å². The van der Waals surface area contributed by atoms with E-state index in [1.165, 1.54) is 0 Å². The summed E-state index contributed by atoms with van der Waals surface area (Å²) in [5.74, 6) is 0.0641. The molecule has 2 aromatic heterocycles. The summed E-state index contributed by atoms with van der Waals surface area (Å²) in [4.78, 5) is 20.4.